The van der Waals surface area contributed by atoms with E-state index in [-0.39, 0.29) is 11.0 Å². The number of nitrogens with one attached hydrogen (secondary N) is 1. The van der Waals surface area contributed by atoms with Crippen molar-refractivity contribution in [1.29, 1.82) is 5.41 Å². The molecule has 0 fully saturated rings. The van der Waals surface area contributed by atoms with Crippen LogP contribution in [0.25, 0.3) is 0 Å². The van der Waals surface area contributed by atoms with Gasteiger partial charge in [-0.3, -0.25) is 5.41 Å². The minimum absolute atomic E-state index is 0.173. The van der Waals surface area contributed by atoms with E-state index in [2.05, 4.69) is 4.99 Å². The van der Waals surface area contributed by atoms with E-state index < -0.39 is 0 Å². The van der Waals surface area contributed by atoms with E-state index in [1.54, 1.807) is 20.8 Å². The predicted molar refractivity (Wildman–Crippen MR) is 50.9 cm³/mol. The van der Waals surface area contributed by atoms with Crippen LogP contribution in [0, 0.1) is 5.41 Å². The van der Waals surface area contributed by atoms with E-state index in [1.807, 2.05) is 0 Å². The van der Waals surface area contributed by atoms with Crippen molar-refractivity contribution in [2.24, 2.45) is 4.99 Å². The predicted octanol–water partition coefficient (Wildman–Crippen LogP) is 3.15. The zero-order chi connectivity index (χ0) is 9.02. The lowest BCUT2D eigenvalue weighted by atomic mass is 10.3. The minimum Gasteiger partial charge on any atom is -0.287 e. The summed E-state index contributed by atoms with van der Waals surface area (Å²) in [5.41, 5.74) is 0.708. The summed E-state index contributed by atoms with van der Waals surface area (Å²) < 4.78 is 0. The Morgan fingerprint density at radius 1 is 1.18 bits per heavy atom. The van der Waals surface area contributed by atoms with Crippen LogP contribution in [0.5, 0.6) is 0 Å². The summed E-state index contributed by atoms with van der Waals surface area (Å²) in [5.74, 6) is 0.173. The summed E-state index contributed by atoms with van der Waals surface area (Å²) in [4.78, 5) is 3.72. The fraction of sp³-hybridized carbons (Fsp3) is 0.429. The summed E-state index contributed by atoms with van der Waals surface area (Å²) >= 11 is 11.3. The Morgan fingerprint density at radius 2 is 1.64 bits per heavy atom. The molecule has 1 N–H and O–H groups in total. The van der Waals surface area contributed by atoms with Crippen LogP contribution in [0.2, 0.25) is 0 Å². The second kappa shape index (κ2) is 4.52. The third kappa shape index (κ3) is 4.17. The van der Waals surface area contributed by atoms with Crippen LogP contribution in [0.4, 0.5) is 0 Å². The van der Waals surface area contributed by atoms with E-state index in [4.69, 9.17) is 28.6 Å². The Bertz CT molecular complexity index is 225. The first-order valence-electron chi connectivity index (χ1n) is 3.08. The van der Waals surface area contributed by atoms with Gasteiger partial charge in [0.25, 0.3) is 0 Å². The van der Waals surface area contributed by atoms with Gasteiger partial charge in [-0.2, -0.15) is 0 Å². The molecule has 62 valence electrons. The van der Waals surface area contributed by atoms with Crippen LogP contribution < -0.4 is 0 Å². The largest absolute Gasteiger partial charge is 0.287 e. The lowest BCUT2D eigenvalue weighted by Gasteiger charge is -1.97. The van der Waals surface area contributed by atoms with Crippen molar-refractivity contribution in [2.75, 3.05) is 0 Å². The molecule has 11 heavy (non-hydrogen) atoms. The minimum atomic E-state index is 0.173. The Morgan fingerprint density at radius 3 is 1.91 bits per heavy atom. The molecule has 0 rings (SSSR count). The van der Waals surface area contributed by atoms with Crippen LogP contribution in [-0.4, -0.2) is 11.0 Å². The molecule has 0 saturated carbocycles. The first kappa shape index (κ1) is 10.7. The van der Waals surface area contributed by atoms with Gasteiger partial charge in [-0.05, 0) is 20.8 Å². The summed E-state index contributed by atoms with van der Waals surface area (Å²) in [6, 6.07) is 0. The molecule has 0 aliphatic heterocycles. The Kier molecular flexibility index (Phi) is 4.38. The molecule has 2 nitrogen and oxygen atoms in total. The molecule has 0 aromatic heterocycles. The van der Waals surface area contributed by atoms with Crippen molar-refractivity contribution in [3.8, 4) is 0 Å². The summed E-state index contributed by atoms with van der Waals surface area (Å²) in [5, 5.41) is 7.90. The maximum absolute atomic E-state index is 7.02. The molecule has 0 aromatic carbocycles. The van der Waals surface area contributed by atoms with E-state index in [0.29, 0.717) is 10.6 Å². The number of allylic oxidation sites excluding steroid dienone is 2. The van der Waals surface area contributed by atoms with Gasteiger partial charge in [0, 0.05) is 10.6 Å². The lowest BCUT2D eigenvalue weighted by molar-refractivity contribution is 1.40. The number of rotatable bonds is 1. The number of hydrogen-bond donors (Lipinski definition) is 1. The molecule has 0 aliphatic carbocycles. The van der Waals surface area contributed by atoms with Gasteiger partial charge in [-0.1, -0.05) is 23.2 Å². The highest BCUT2D eigenvalue weighted by Gasteiger charge is 2.00. The Labute approximate surface area is 76.4 Å². The van der Waals surface area contributed by atoms with E-state index >= 15 is 0 Å². The van der Waals surface area contributed by atoms with E-state index in [0.717, 1.165) is 0 Å². The van der Waals surface area contributed by atoms with Crippen LogP contribution in [0.3, 0.4) is 0 Å². The van der Waals surface area contributed by atoms with Crippen molar-refractivity contribution >= 4 is 34.2 Å². The SMILES string of the molecule is CC(=N)N=C(Cl)/C(C)=C(\C)Cl. The van der Waals surface area contributed by atoms with E-state index in [9.17, 15) is 0 Å². The molecule has 0 saturated heterocycles. The van der Waals surface area contributed by atoms with Gasteiger partial charge in [0.05, 0.1) is 0 Å². The Balaban J connectivity index is 4.63. The molecule has 0 bridgehead atoms. The molecule has 0 aromatic rings. The summed E-state index contributed by atoms with van der Waals surface area (Å²) in [7, 11) is 0. The van der Waals surface area contributed by atoms with Crippen molar-refractivity contribution in [3.63, 3.8) is 0 Å². The first-order valence-corrected chi connectivity index (χ1v) is 3.83. The van der Waals surface area contributed by atoms with Crippen molar-refractivity contribution in [3.05, 3.63) is 10.6 Å². The van der Waals surface area contributed by atoms with Gasteiger partial charge in [-0.15, -0.1) is 0 Å². The lowest BCUT2D eigenvalue weighted by Crippen LogP contribution is -1.94. The second-order valence-corrected chi connectivity index (χ2v) is 3.07. The molecule has 0 atom stereocenters. The quantitative estimate of drug-likeness (QED) is 0.490. The van der Waals surface area contributed by atoms with Crippen molar-refractivity contribution in [1.82, 2.24) is 0 Å². The van der Waals surface area contributed by atoms with Gasteiger partial charge in [-0.25, -0.2) is 4.99 Å². The van der Waals surface area contributed by atoms with Gasteiger partial charge < -0.3 is 0 Å². The third-order valence-corrected chi connectivity index (χ3v) is 1.74. The molecule has 0 heterocycles. The van der Waals surface area contributed by atoms with Crippen LogP contribution in [-0.2, 0) is 0 Å². The van der Waals surface area contributed by atoms with Crippen LogP contribution >= 0.6 is 23.2 Å². The molecule has 0 unspecified atom stereocenters. The molecular formula is C7H10Cl2N2. The van der Waals surface area contributed by atoms with Crippen LogP contribution in [0.1, 0.15) is 20.8 Å². The molecule has 0 radical (unpaired) electrons. The maximum atomic E-state index is 7.02. The maximum Gasteiger partial charge on any atom is 0.135 e. The number of aliphatic imine (C=N–C) groups is 1. The van der Waals surface area contributed by atoms with Gasteiger partial charge in [0.2, 0.25) is 0 Å². The van der Waals surface area contributed by atoms with E-state index in [1.165, 1.54) is 0 Å². The molecule has 0 aliphatic rings. The number of halogens is 2. The molecular weight excluding hydrogens is 183 g/mol. The van der Waals surface area contributed by atoms with Gasteiger partial charge >= 0.3 is 0 Å². The molecule has 4 heteroatoms. The smallest absolute Gasteiger partial charge is 0.135 e. The monoisotopic (exact) mass is 192 g/mol. The van der Waals surface area contributed by atoms with Crippen molar-refractivity contribution < 1.29 is 0 Å². The summed E-state index contributed by atoms with van der Waals surface area (Å²) in [6.07, 6.45) is 0. The average Bonchev–Trinajstić information content (AvgIpc) is 1.84. The highest BCUT2D eigenvalue weighted by atomic mass is 35.5. The highest BCUT2D eigenvalue weighted by Crippen LogP contribution is 2.11. The summed E-state index contributed by atoms with van der Waals surface area (Å²) in [6.45, 7) is 5.05. The number of amidine groups is 1. The van der Waals surface area contributed by atoms with Crippen LogP contribution in [0.15, 0.2) is 15.6 Å². The standard InChI is InChI=1S/C7H10Cl2N2/c1-4(5(2)8)7(9)11-6(3)10/h10H,1-3H3/b5-4+,10-6?,11-7?. The first-order chi connectivity index (χ1) is 4.95. The fourth-order valence-electron chi connectivity index (χ4n) is 0.373. The average molecular weight is 193 g/mol. The topological polar surface area (TPSA) is 36.2 Å². The fourth-order valence-corrected chi connectivity index (χ4v) is 0.780. The normalized spacial score (nSPS) is 14.5. The van der Waals surface area contributed by atoms with Gasteiger partial charge in [0.15, 0.2) is 0 Å². The zero-order valence-corrected chi connectivity index (χ0v) is 8.22. The highest BCUT2D eigenvalue weighted by molar-refractivity contribution is 6.70. The zero-order valence-electron chi connectivity index (χ0n) is 6.70. The molecule has 0 amide bonds. The van der Waals surface area contributed by atoms with Gasteiger partial charge in [0.1, 0.15) is 11.0 Å². The number of hydrogen-bond acceptors (Lipinski definition) is 1. The molecule has 0 spiro atoms. The van der Waals surface area contributed by atoms with Crippen molar-refractivity contribution in [2.45, 2.75) is 20.8 Å². The second-order valence-electron chi connectivity index (χ2n) is 2.15. The number of nitrogens with zero attached hydrogens (tertiary/aromatic N) is 1. The Hall–Kier alpha value is -0.340. The third-order valence-electron chi connectivity index (χ3n) is 1.09.